The lowest BCUT2D eigenvalue weighted by Crippen LogP contribution is -2.27. The topological polar surface area (TPSA) is 43.4 Å². The number of hydrogen-bond acceptors (Lipinski definition) is 3. The van der Waals surface area contributed by atoms with Gasteiger partial charge in [0, 0.05) is 6.42 Å². The molecule has 1 rings (SSSR count). The Morgan fingerprint density at radius 2 is 2.00 bits per heavy atom. The third-order valence-electron chi connectivity index (χ3n) is 3.04. The van der Waals surface area contributed by atoms with Gasteiger partial charge in [-0.1, -0.05) is 6.42 Å². The van der Waals surface area contributed by atoms with Gasteiger partial charge in [0.25, 0.3) is 0 Å². The van der Waals surface area contributed by atoms with Gasteiger partial charge >= 0.3 is 5.97 Å². The minimum atomic E-state index is -0.0803. The number of hydrogen-bond donors (Lipinski definition) is 0. The van der Waals surface area contributed by atoms with Crippen molar-refractivity contribution >= 4 is 11.8 Å². The fourth-order valence-corrected chi connectivity index (χ4v) is 2.43. The summed E-state index contributed by atoms with van der Waals surface area (Å²) in [5, 5.41) is 0. The molecule has 0 aromatic heterocycles. The molecule has 0 bridgehead atoms. The van der Waals surface area contributed by atoms with E-state index in [0.29, 0.717) is 12.3 Å². The molecule has 0 aliphatic heterocycles. The molecule has 0 saturated heterocycles. The van der Waals surface area contributed by atoms with E-state index in [9.17, 15) is 9.59 Å². The smallest absolute Gasteiger partial charge is 0.309 e. The fraction of sp³-hybridized carbons (Fsp3) is 0.846. The van der Waals surface area contributed by atoms with E-state index in [0.717, 1.165) is 25.7 Å². The molecule has 16 heavy (non-hydrogen) atoms. The van der Waals surface area contributed by atoms with E-state index in [1.807, 2.05) is 13.8 Å². The standard InChI is InChI=1S/C13H22O3/c1-9(2)16-13(15)12-6-4-5-11(8-12)7-10(3)14/h9,11-12H,4-8H2,1-3H3/t11-,12-/m0/s1. The number of carbonyl (C=O) groups is 2. The first-order valence-electron chi connectivity index (χ1n) is 6.19. The number of ketones is 1. The highest BCUT2D eigenvalue weighted by Gasteiger charge is 2.29. The molecule has 3 nitrogen and oxygen atoms in total. The lowest BCUT2D eigenvalue weighted by atomic mass is 9.79. The zero-order valence-electron chi connectivity index (χ0n) is 10.5. The maximum absolute atomic E-state index is 11.7. The first-order chi connectivity index (χ1) is 7.49. The second-order valence-electron chi connectivity index (χ2n) is 5.12. The Bertz CT molecular complexity index is 258. The van der Waals surface area contributed by atoms with E-state index in [-0.39, 0.29) is 23.8 Å². The Labute approximate surface area is 97.5 Å². The van der Waals surface area contributed by atoms with Crippen molar-refractivity contribution in [1.29, 1.82) is 0 Å². The summed E-state index contributed by atoms with van der Waals surface area (Å²) in [6.45, 7) is 5.36. The van der Waals surface area contributed by atoms with Crippen molar-refractivity contribution in [1.82, 2.24) is 0 Å². The SMILES string of the molecule is CC(=O)C[C@@H]1CCC[C@H](C(=O)OC(C)C)C1. The highest BCUT2D eigenvalue weighted by atomic mass is 16.5. The van der Waals surface area contributed by atoms with E-state index in [1.165, 1.54) is 0 Å². The van der Waals surface area contributed by atoms with Gasteiger partial charge in [0.15, 0.2) is 0 Å². The van der Waals surface area contributed by atoms with Crippen molar-refractivity contribution in [2.45, 2.75) is 59.0 Å². The van der Waals surface area contributed by atoms with Crippen molar-refractivity contribution < 1.29 is 14.3 Å². The predicted molar refractivity (Wildman–Crippen MR) is 62.0 cm³/mol. The molecule has 0 radical (unpaired) electrons. The first kappa shape index (κ1) is 13.2. The molecule has 3 heteroatoms. The largest absolute Gasteiger partial charge is 0.463 e. The maximum atomic E-state index is 11.7. The molecule has 0 amide bonds. The summed E-state index contributed by atoms with van der Waals surface area (Å²) in [5.74, 6) is 0.544. The van der Waals surface area contributed by atoms with Crippen LogP contribution in [0.3, 0.4) is 0 Å². The van der Waals surface area contributed by atoms with Crippen LogP contribution < -0.4 is 0 Å². The van der Waals surface area contributed by atoms with E-state index in [2.05, 4.69) is 0 Å². The van der Waals surface area contributed by atoms with Gasteiger partial charge in [-0.15, -0.1) is 0 Å². The Hall–Kier alpha value is -0.860. The number of rotatable bonds is 4. The summed E-state index contributed by atoms with van der Waals surface area (Å²) in [5.41, 5.74) is 0. The van der Waals surface area contributed by atoms with Crippen LogP contribution in [0.5, 0.6) is 0 Å². The summed E-state index contributed by atoms with van der Waals surface area (Å²) >= 11 is 0. The molecule has 1 fully saturated rings. The van der Waals surface area contributed by atoms with E-state index < -0.39 is 0 Å². The summed E-state index contributed by atoms with van der Waals surface area (Å²) < 4.78 is 5.22. The normalized spacial score (nSPS) is 25.5. The van der Waals surface area contributed by atoms with Crippen LogP contribution >= 0.6 is 0 Å². The van der Waals surface area contributed by atoms with Crippen LogP contribution in [0.1, 0.15) is 52.9 Å². The Morgan fingerprint density at radius 3 is 2.56 bits per heavy atom. The highest BCUT2D eigenvalue weighted by molar-refractivity contribution is 5.76. The lowest BCUT2D eigenvalue weighted by molar-refractivity contribution is -0.154. The summed E-state index contributed by atoms with van der Waals surface area (Å²) in [7, 11) is 0. The second-order valence-corrected chi connectivity index (χ2v) is 5.12. The third-order valence-corrected chi connectivity index (χ3v) is 3.04. The first-order valence-corrected chi connectivity index (χ1v) is 6.19. The van der Waals surface area contributed by atoms with Crippen LogP contribution in [0, 0.1) is 11.8 Å². The van der Waals surface area contributed by atoms with Crippen LogP contribution in [-0.2, 0) is 14.3 Å². The Morgan fingerprint density at radius 1 is 1.31 bits per heavy atom. The third kappa shape index (κ3) is 4.33. The van der Waals surface area contributed by atoms with Crippen molar-refractivity contribution in [2.24, 2.45) is 11.8 Å². The summed E-state index contributed by atoms with van der Waals surface area (Å²) in [6.07, 6.45) is 4.43. The molecular formula is C13H22O3. The van der Waals surface area contributed by atoms with Crippen molar-refractivity contribution in [2.75, 3.05) is 0 Å². The van der Waals surface area contributed by atoms with Gasteiger partial charge in [-0.2, -0.15) is 0 Å². The number of esters is 1. The molecule has 2 atom stereocenters. The molecule has 92 valence electrons. The Kier molecular flexibility index (Phi) is 4.97. The molecule has 0 aromatic rings. The van der Waals surface area contributed by atoms with Crippen LogP contribution in [0.25, 0.3) is 0 Å². The predicted octanol–water partition coefficient (Wildman–Crippen LogP) is 2.72. The monoisotopic (exact) mass is 226 g/mol. The molecule has 0 N–H and O–H groups in total. The van der Waals surface area contributed by atoms with E-state index in [1.54, 1.807) is 6.92 Å². The van der Waals surface area contributed by atoms with Gasteiger partial charge in [-0.05, 0) is 46.0 Å². The van der Waals surface area contributed by atoms with Crippen LogP contribution in [0.2, 0.25) is 0 Å². The number of carbonyl (C=O) groups excluding carboxylic acids is 2. The van der Waals surface area contributed by atoms with E-state index in [4.69, 9.17) is 4.74 Å². The molecule has 0 unspecified atom stereocenters. The second kappa shape index (κ2) is 6.02. The molecular weight excluding hydrogens is 204 g/mol. The number of Topliss-reactive ketones (excluding diaryl/α,β-unsaturated/α-hetero) is 1. The van der Waals surface area contributed by atoms with Gasteiger partial charge < -0.3 is 9.53 Å². The zero-order valence-corrected chi connectivity index (χ0v) is 10.5. The van der Waals surface area contributed by atoms with Crippen molar-refractivity contribution in [3.63, 3.8) is 0 Å². The van der Waals surface area contributed by atoms with Gasteiger partial charge in [0.05, 0.1) is 12.0 Å². The minimum absolute atomic E-state index is 0.0144. The van der Waals surface area contributed by atoms with Crippen molar-refractivity contribution in [3.8, 4) is 0 Å². The van der Waals surface area contributed by atoms with Gasteiger partial charge in [-0.25, -0.2) is 0 Å². The Balaban J connectivity index is 2.43. The summed E-state index contributed by atoms with van der Waals surface area (Å²) in [4.78, 5) is 22.8. The minimum Gasteiger partial charge on any atom is -0.463 e. The molecule has 0 heterocycles. The number of ether oxygens (including phenoxy) is 1. The van der Waals surface area contributed by atoms with Gasteiger partial charge in [-0.3, -0.25) is 4.79 Å². The molecule has 0 aromatic carbocycles. The van der Waals surface area contributed by atoms with Crippen LogP contribution in [0.4, 0.5) is 0 Å². The van der Waals surface area contributed by atoms with Crippen LogP contribution in [0.15, 0.2) is 0 Å². The van der Waals surface area contributed by atoms with Crippen LogP contribution in [-0.4, -0.2) is 17.9 Å². The quantitative estimate of drug-likeness (QED) is 0.692. The average molecular weight is 226 g/mol. The molecule has 1 aliphatic carbocycles. The fourth-order valence-electron chi connectivity index (χ4n) is 2.43. The lowest BCUT2D eigenvalue weighted by Gasteiger charge is -2.27. The highest BCUT2D eigenvalue weighted by Crippen LogP contribution is 2.32. The molecule has 0 spiro atoms. The molecule has 1 saturated carbocycles. The van der Waals surface area contributed by atoms with E-state index >= 15 is 0 Å². The van der Waals surface area contributed by atoms with Crippen molar-refractivity contribution in [3.05, 3.63) is 0 Å². The average Bonchev–Trinajstić information content (AvgIpc) is 2.16. The van der Waals surface area contributed by atoms with Gasteiger partial charge in [0.2, 0.25) is 0 Å². The molecule has 1 aliphatic rings. The summed E-state index contributed by atoms with van der Waals surface area (Å²) in [6, 6.07) is 0. The van der Waals surface area contributed by atoms with Gasteiger partial charge in [0.1, 0.15) is 5.78 Å². The zero-order chi connectivity index (χ0) is 12.1. The maximum Gasteiger partial charge on any atom is 0.309 e.